The monoisotopic (exact) mass is 276 g/mol. The van der Waals surface area contributed by atoms with E-state index in [1.165, 1.54) is 0 Å². The molecular formula is C15H17ClN2O. The summed E-state index contributed by atoms with van der Waals surface area (Å²) in [6.07, 6.45) is 4.39. The summed E-state index contributed by atoms with van der Waals surface area (Å²) in [5, 5.41) is 5.34. The molecule has 0 saturated carbocycles. The van der Waals surface area contributed by atoms with Crippen molar-refractivity contribution in [3.63, 3.8) is 0 Å². The van der Waals surface area contributed by atoms with Crippen molar-refractivity contribution >= 4 is 28.2 Å². The van der Waals surface area contributed by atoms with Crippen LogP contribution in [0.25, 0.3) is 10.9 Å². The third-order valence-electron chi connectivity index (χ3n) is 3.61. The van der Waals surface area contributed by atoms with E-state index < -0.39 is 0 Å². The van der Waals surface area contributed by atoms with Gasteiger partial charge in [0.1, 0.15) is 0 Å². The minimum Gasteiger partial charge on any atom is -0.379 e. The number of ether oxygens (including phenoxy) is 1. The first-order chi connectivity index (χ1) is 9.24. The van der Waals surface area contributed by atoms with Crippen molar-refractivity contribution in [3.8, 4) is 0 Å². The number of nitrogens with one attached hydrogen (secondary N) is 1. The predicted molar refractivity (Wildman–Crippen MR) is 78.8 cm³/mol. The highest BCUT2D eigenvalue weighted by Crippen LogP contribution is 2.26. The molecule has 2 heterocycles. The second-order valence-corrected chi connectivity index (χ2v) is 5.44. The molecule has 2 atom stereocenters. The molecule has 1 aromatic heterocycles. The molecule has 3 rings (SSSR count). The number of anilines is 1. The van der Waals surface area contributed by atoms with Gasteiger partial charge in [-0.25, -0.2) is 0 Å². The van der Waals surface area contributed by atoms with Crippen molar-refractivity contribution in [2.24, 2.45) is 0 Å². The summed E-state index contributed by atoms with van der Waals surface area (Å²) >= 11 is 6.00. The zero-order chi connectivity index (χ0) is 13.2. The van der Waals surface area contributed by atoms with Gasteiger partial charge in [0.2, 0.25) is 0 Å². The lowest BCUT2D eigenvalue weighted by Gasteiger charge is -2.22. The Hall–Kier alpha value is -1.32. The van der Waals surface area contributed by atoms with Crippen molar-refractivity contribution in [2.75, 3.05) is 11.9 Å². The van der Waals surface area contributed by atoms with Crippen LogP contribution < -0.4 is 5.32 Å². The Morgan fingerprint density at radius 3 is 3.11 bits per heavy atom. The molecule has 4 heteroatoms. The zero-order valence-electron chi connectivity index (χ0n) is 10.9. The molecule has 2 aromatic rings. The number of fused-ring (bicyclic) bond motifs is 1. The van der Waals surface area contributed by atoms with Crippen molar-refractivity contribution in [3.05, 3.63) is 35.5 Å². The summed E-state index contributed by atoms with van der Waals surface area (Å²) in [6.45, 7) is 3.04. The molecule has 1 saturated heterocycles. The van der Waals surface area contributed by atoms with E-state index in [2.05, 4.69) is 17.2 Å². The summed E-state index contributed by atoms with van der Waals surface area (Å²) < 4.78 is 5.72. The third-order valence-corrected chi connectivity index (χ3v) is 3.85. The van der Waals surface area contributed by atoms with Gasteiger partial charge in [-0.05, 0) is 44.0 Å². The van der Waals surface area contributed by atoms with Gasteiger partial charge in [0.15, 0.2) is 0 Å². The minimum atomic E-state index is 0.295. The number of aromatic nitrogens is 1. The van der Waals surface area contributed by atoms with Gasteiger partial charge in [0.05, 0.1) is 11.6 Å². The van der Waals surface area contributed by atoms with Gasteiger partial charge in [-0.3, -0.25) is 4.98 Å². The van der Waals surface area contributed by atoms with Gasteiger partial charge in [-0.2, -0.15) is 0 Å². The molecule has 1 aliphatic rings. The van der Waals surface area contributed by atoms with E-state index >= 15 is 0 Å². The first-order valence-corrected chi connectivity index (χ1v) is 7.04. The molecule has 1 aliphatic heterocycles. The van der Waals surface area contributed by atoms with Crippen LogP contribution in [0.15, 0.2) is 30.5 Å². The fourth-order valence-electron chi connectivity index (χ4n) is 2.58. The van der Waals surface area contributed by atoms with Crippen molar-refractivity contribution in [1.29, 1.82) is 0 Å². The first-order valence-electron chi connectivity index (χ1n) is 6.66. The Kier molecular flexibility index (Phi) is 3.58. The molecule has 0 radical (unpaired) electrons. The maximum atomic E-state index is 6.00. The van der Waals surface area contributed by atoms with Gasteiger partial charge < -0.3 is 10.1 Å². The summed E-state index contributed by atoms with van der Waals surface area (Å²) in [5.41, 5.74) is 2.00. The predicted octanol–water partition coefficient (Wildman–Crippen LogP) is 3.87. The second kappa shape index (κ2) is 5.35. The number of pyridine rings is 1. The van der Waals surface area contributed by atoms with Gasteiger partial charge in [-0.15, -0.1) is 0 Å². The molecule has 0 amide bonds. The third kappa shape index (κ3) is 2.67. The van der Waals surface area contributed by atoms with Crippen LogP contribution in [0, 0.1) is 0 Å². The van der Waals surface area contributed by atoms with E-state index in [9.17, 15) is 0 Å². The fraction of sp³-hybridized carbons (Fsp3) is 0.400. The van der Waals surface area contributed by atoms with E-state index in [-0.39, 0.29) is 0 Å². The van der Waals surface area contributed by atoms with E-state index in [0.717, 1.165) is 36.0 Å². The molecule has 0 aliphatic carbocycles. The molecule has 3 nitrogen and oxygen atoms in total. The fourth-order valence-corrected chi connectivity index (χ4v) is 2.75. The Morgan fingerprint density at radius 2 is 2.32 bits per heavy atom. The molecule has 100 valence electrons. The van der Waals surface area contributed by atoms with Crippen LogP contribution in [0.4, 0.5) is 5.69 Å². The molecule has 0 bridgehead atoms. The molecule has 2 unspecified atom stereocenters. The Labute approximate surface area is 117 Å². The number of benzene rings is 1. The molecular weight excluding hydrogens is 260 g/mol. The topological polar surface area (TPSA) is 34.2 Å². The summed E-state index contributed by atoms with van der Waals surface area (Å²) in [6, 6.07) is 8.09. The van der Waals surface area contributed by atoms with Gasteiger partial charge in [0, 0.05) is 34.9 Å². The maximum Gasteiger partial charge on any atom is 0.0774 e. The van der Waals surface area contributed by atoms with Crippen LogP contribution in [0.3, 0.4) is 0 Å². The first kappa shape index (κ1) is 12.7. The van der Waals surface area contributed by atoms with E-state index in [0.29, 0.717) is 17.2 Å². The quantitative estimate of drug-likeness (QED) is 0.924. The second-order valence-electron chi connectivity index (χ2n) is 5.00. The normalized spacial score (nSPS) is 20.6. The number of nitrogens with zero attached hydrogens (tertiary/aromatic N) is 1. The van der Waals surface area contributed by atoms with Crippen LogP contribution in [0.2, 0.25) is 5.02 Å². The van der Waals surface area contributed by atoms with Crippen LogP contribution in [-0.2, 0) is 4.74 Å². The molecule has 1 aromatic carbocycles. The lowest BCUT2D eigenvalue weighted by Crippen LogP contribution is -2.30. The zero-order valence-corrected chi connectivity index (χ0v) is 11.7. The molecule has 19 heavy (non-hydrogen) atoms. The molecule has 1 N–H and O–H groups in total. The molecule has 1 fully saturated rings. The van der Waals surface area contributed by atoms with E-state index in [1.807, 2.05) is 30.5 Å². The maximum absolute atomic E-state index is 6.00. The van der Waals surface area contributed by atoms with E-state index in [1.54, 1.807) is 0 Å². The number of hydrogen-bond acceptors (Lipinski definition) is 3. The van der Waals surface area contributed by atoms with Crippen LogP contribution in [0.1, 0.15) is 19.8 Å². The van der Waals surface area contributed by atoms with Gasteiger partial charge in [0.25, 0.3) is 0 Å². The minimum absolute atomic E-state index is 0.295. The average Bonchev–Trinajstić information content (AvgIpc) is 2.92. The molecule has 0 spiro atoms. The van der Waals surface area contributed by atoms with Gasteiger partial charge >= 0.3 is 0 Å². The largest absolute Gasteiger partial charge is 0.379 e. The van der Waals surface area contributed by atoms with Crippen molar-refractivity contribution < 1.29 is 4.74 Å². The number of rotatable bonds is 3. The summed E-state index contributed by atoms with van der Waals surface area (Å²) in [7, 11) is 0. The highest BCUT2D eigenvalue weighted by molar-refractivity contribution is 6.31. The van der Waals surface area contributed by atoms with Crippen molar-refractivity contribution in [1.82, 2.24) is 4.98 Å². The van der Waals surface area contributed by atoms with Gasteiger partial charge in [-0.1, -0.05) is 11.6 Å². The smallest absolute Gasteiger partial charge is 0.0774 e. The van der Waals surface area contributed by atoms with Crippen LogP contribution in [-0.4, -0.2) is 23.7 Å². The Balaban J connectivity index is 1.87. The van der Waals surface area contributed by atoms with Crippen LogP contribution in [0.5, 0.6) is 0 Å². The SMILES string of the molecule is CC(Nc1ccnc2cc(Cl)ccc12)C1CCCO1. The lowest BCUT2D eigenvalue weighted by atomic mass is 10.1. The highest BCUT2D eigenvalue weighted by Gasteiger charge is 2.22. The Morgan fingerprint density at radius 1 is 1.42 bits per heavy atom. The summed E-state index contributed by atoms with van der Waals surface area (Å²) in [4.78, 5) is 4.35. The summed E-state index contributed by atoms with van der Waals surface area (Å²) in [5.74, 6) is 0. The van der Waals surface area contributed by atoms with E-state index in [4.69, 9.17) is 16.3 Å². The van der Waals surface area contributed by atoms with Crippen LogP contribution >= 0.6 is 11.6 Å². The Bertz CT molecular complexity index is 581. The average molecular weight is 277 g/mol. The lowest BCUT2D eigenvalue weighted by molar-refractivity contribution is 0.0997. The highest BCUT2D eigenvalue weighted by atomic mass is 35.5. The van der Waals surface area contributed by atoms with Crippen molar-refractivity contribution in [2.45, 2.75) is 31.9 Å². The number of hydrogen-bond donors (Lipinski definition) is 1. The number of halogens is 1. The standard InChI is InChI=1S/C15H17ClN2O/c1-10(15-3-2-8-19-15)18-13-6-7-17-14-9-11(16)4-5-12(13)14/h4-7,9-10,15H,2-3,8H2,1H3,(H,17,18).